The van der Waals surface area contributed by atoms with E-state index in [2.05, 4.69) is 322 Å². The molecule has 0 saturated carbocycles. The number of halogens is 2. The van der Waals surface area contributed by atoms with Gasteiger partial charge in [-0.3, -0.25) is 19.2 Å². The molecule has 0 unspecified atom stereocenters. The average molecular weight is 1940 g/mol. The second-order valence-corrected chi connectivity index (χ2v) is 46.0. The van der Waals surface area contributed by atoms with E-state index in [1.54, 1.807) is 0 Å². The standard InChI is InChI=1S/C133H116Cl2N2O8/c1-23-76-59-75(60-80-64-109(135)103(65-101(76)80)94-55-57-100-115-96(94)33-27-35-98(115)119-111(143-86-48-40-82(41-49-86)131(14,15)16)67-105-117-107(69-113(121(100)123(117)119)145-88-52-44-84(45-53-88)133(20,21)22)129(141)137(127(105)139)125-91(72(6)7)30-25-31-92(125)73(8)9)36-37-77-61-79-62-102(108(134)63-78(79)58-74(77)10)93-54-56-99-114-95(93)32-26-34-97(114)118-110(142-85-46-38-81(39-47-85)130(11,12)13)66-104-116-106(68-112(120(99)122(116)118)144-87-50-42-83(43-51-87)132(17,18)19)128(140)136(126(104)138)124-89(70(2)3)28-24-29-90(124)71(4)5/h23-73H,1H2,2-22H3/b37-36-. The topological polar surface area (TPSA) is 112 Å². The first-order valence-corrected chi connectivity index (χ1v) is 51.3. The molecule has 2 aliphatic rings. The number of imide groups is 2. The zero-order chi connectivity index (χ0) is 102. The number of rotatable bonds is 19. The minimum atomic E-state index is -0.432. The number of anilines is 2. The zero-order valence-corrected chi connectivity index (χ0v) is 87.6. The van der Waals surface area contributed by atoms with E-state index in [4.69, 9.17) is 42.1 Å². The Balaban J connectivity index is 0.670. The van der Waals surface area contributed by atoms with Gasteiger partial charge in [-0.1, -0.05) is 338 Å². The van der Waals surface area contributed by atoms with Crippen LogP contribution in [0.5, 0.6) is 46.0 Å². The number of para-hydroxylation sites is 2. The van der Waals surface area contributed by atoms with Crippen molar-refractivity contribution in [3.63, 3.8) is 0 Å². The molecule has 0 spiro atoms. The van der Waals surface area contributed by atoms with Crippen molar-refractivity contribution < 1.29 is 38.1 Å². The van der Waals surface area contributed by atoms with Crippen molar-refractivity contribution >= 4 is 184 Å². The summed E-state index contributed by atoms with van der Waals surface area (Å²) < 4.78 is 29.3. The van der Waals surface area contributed by atoms with E-state index in [-0.39, 0.29) is 45.3 Å². The molecule has 20 aromatic carbocycles. The Labute approximate surface area is 857 Å². The number of benzene rings is 20. The minimum Gasteiger partial charge on any atom is -0.457 e. The highest BCUT2D eigenvalue weighted by Crippen LogP contribution is 2.59. The first kappa shape index (κ1) is 94.9. The van der Waals surface area contributed by atoms with Crippen LogP contribution in [0, 0.1) is 6.92 Å². The van der Waals surface area contributed by atoms with Crippen LogP contribution in [0.1, 0.15) is 270 Å². The fourth-order valence-corrected chi connectivity index (χ4v) is 23.0. The molecule has 0 aromatic heterocycles. The van der Waals surface area contributed by atoms with Crippen LogP contribution in [0.15, 0.2) is 273 Å². The molecule has 0 saturated heterocycles. The first-order valence-electron chi connectivity index (χ1n) is 50.6. The van der Waals surface area contributed by atoms with Gasteiger partial charge in [-0.05, 0) is 310 Å². The fraction of sp³-hybridized carbons (Fsp3) is 0.218. The molecule has 0 N–H and O–H groups in total. The third kappa shape index (κ3) is 15.9. The largest absolute Gasteiger partial charge is 0.457 e. The SMILES string of the molecule is C=Cc1cc(/C=C\c2cc3cc(-c4ccc5c6c(Oc7ccc(C(C)(C)C)cc7)cc7c8c(cc(Oc9ccc(C(C)(C)C)cc9)c(c9cccc4c95)c86)C(=O)N(c4c(C(C)C)cccc4C(C)C)C7=O)c(Cl)cc3cc2C)cc2cc(Cl)c(-c3ccc4c5c(Oc6ccc(C(C)(C)C)cc6)cc6c7c(cc(Oc8ccc(C(C)(C)C)cc8)c(c8cccc3c84)c75)C(=O)N(c3c(C(C)C)cccc3C(C)C)C6=O)cc12. The van der Waals surface area contributed by atoms with Crippen LogP contribution in [0.2, 0.25) is 10.0 Å². The van der Waals surface area contributed by atoms with Gasteiger partial charge < -0.3 is 18.9 Å². The lowest BCUT2D eigenvalue weighted by Gasteiger charge is -2.33. The maximum atomic E-state index is 16.2. The van der Waals surface area contributed by atoms with E-state index in [0.717, 1.165) is 175 Å². The Morgan fingerprint density at radius 2 is 0.586 bits per heavy atom. The number of carbonyl (C=O) groups is 4. The van der Waals surface area contributed by atoms with Gasteiger partial charge in [-0.2, -0.15) is 0 Å². The number of nitrogens with zero attached hydrogens (tertiary/aromatic N) is 2. The summed E-state index contributed by atoms with van der Waals surface area (Å²) in [7, 11) is 0. The summed E-state index contributed by atoms with van der Waals surface area (Å²) in [4.78, 5) is 67.7. The third-order valence-electron chi connectivity index (χ3n) is 30.1. The van der Waals surface area contributed by atoms with Crippen LogP contribution in [-0.4, -0.2) is 23.6 Å². The molecular formula is C133H116Cl2N2O8. The van der Waals surface area contributed by atoms with E-state index in [0.29, 0.717) is 111 Å². The fourth-order valence-electron chi connectivity index (χ4n) is 22.5. The van der Waals surface area contributed by atoms with Crippen molar-refractivity contribution in [1.82, 2.24) is 0 Å². The normalized spacial score (nSPS) is 13.5. The van der Waals surface area contributed by atoms with Crippen LogP contribution >= 0.6 is 23.2 Å². The molecule has 2 aliphatic heterocycles. The van der Waals surface area contributed by atoms with Gasteiger partial charge in [0.2, 0.25) is 0 Å². The molecule has 4 amide bonds. The Kier molecular flexibility index (Phi) is 22.9. The number of hydrogen-bond donors (Lipinski definition) is 0. The molecule has 0 aliphatic carbocycles. The summed E-state index contributed by atoms with van der Waals surface area (Å²) >= 11 is 15.6. The summed E-state index contributed by atoms with van der Waals surface area (Å²) in [6.45, 7) is 49.7. The molecule has 2 heterocycles. The third-order valence-corrected chi connectivity index (χ3v) is 30.8. The smallest absolute Gasteiger partial charge is 0.266 e. The van der Waals surface area contributed by atoms with E-state index in [9.17, 15) is 0 Å². The second-order valence-electron chi connectivity index (χ2n) is 45.1. The first-order chi connectivity index (χ1) is 69.1. The van der Waals surface area contributed by atoms with Crippen molar-refractivity contribution in [2.75, 3.05) is 9.80 Å². The molecule has 20 aromatic rings. The van der Waals surface area contributed by atoms with Gasteiger partial charge >= 0.3 is 0 Å². The van der Waals surface area contributed by atoms with Crippen molar-refractivity contribution in [2.45, 2.75) is 191 Å². The molecular weight excluding hydrogens is 1820 g/mol. The van der Waals surface area contributed by atoms with Gasteiger partial charge in [-0.25, -0.2) is 9.80 Å². The minimum absolute atomic E-state index is 0.0247. The van der Waals surface area contributed by atoms with Crippen molar-refractivity contribution in [2.24, 2.45) is 0 Å². The number of hydrogen-bond acceptors (Lipinski definition) is 8. The second kappa shape index (κ2) is 35.0. The maximum Gasteiger partial charge on any atom is 0.266 e. The monoisotopic (exact) mass is 1940 g/mol. The van der Waals surface area contributed by atoms with Crippen LogP contribution in [0.3, 0.4) is 0 Å². The highest BCUT2D eigenvalue weighted by atomic mass is 35.5. The lowest BCUT2D eigenvalue weighted by Crippen LogP contribution is -2.42. The van der Waals surface area contributed by atoms with Crippen LogP contribution in [-0.2, 0) is 21.7 Å². The highest BCUT2D eigenvalue weighted by molar-refractivity contribution is 6.47. The number of fused-ring (bicyclic) bond motifs is 6. The molecule has 0 radical (unpaired) electrons. The van der Waals surface area contributed by atoms with Crippen LogP contribution in [0.25, 0.3) is 148 Å². The van der Waals surface area contributed by atoms with E-state index < -0.39 is 23.6 Å². The molecule has 145 heavy (non-hydrogen) atoms. The average Bonchev–Trinajstić information content (AvgIpc) is 0.684. The maximum absolute atomic E-state index is 16.2. The number of ether oxygens (including phenoxy) is 4. The Bertz CT molecular complexity index is 8640. The zero-order valence-electron chi connectivity index (χ0n) is 86.1. The van der Waals surface area contributed by atoms with E-state index in [1.165, 1.54) is 9.80 Å². The Hall–Kier alpha value is -14.9. The van der Waals surface area contributed by atoms with Gasteiger partial charge in [0.15, 0.2) is 0 Å². The summed E-state index contributed by atoms with van der Waals surface area (Å²) in [5.74, 6) is 2.33. The quantitative estimate of drug-likeness (QED) is 0.0341. The summed E-state index contributed by atoms with van der Waals surface area (Å²) in [5, 5.41) is 17.5. The van der Waals surface area contributed by atoms with E-state index >= 15 is 19.2 Å². The summed E-state index contributed by atoms with van der Waals surface area (Å²) in [6.07, 6.45) is 6.24. The van der Waals surface area contributed by atoms with Gasteiger partial charge in [0, 0.05) is 64.3 Å². The molecule has 22 rings (SSSR count). The summed E-state index contributed by atoms with van der Waals surface area (Å²) in [6, 6.07) is 91.0. The number of carbonyl (C=O) groups excluding carboxylic acids is 4. The predicted octanol–water partition coefficient (Wildman–Crippen LogP) is 38.3. The van der Waals surface area contributed by atoms with Crippen LogP contribution in [0.4, 0.5) is 11.4 Å². The Morgan fingerprint density at radius 1 is 0.276 bits per heavy atom. The van der Waals surface area contributed by atoms with Gasteiger partial charge in [-0.15, -0.1) is 0 Å². The number of aryl methyl sites for hydroxylation is 1. The van der Waals surface area contributed by atoms with Gasteiger partial charge in [0.1, 0.15) is 46.0 Å². The molecule has 0 bridgehead atoms. The molecule has 0 fully saturated rings. The molecule has 0 atom stereocenters. The van der Waals surface area contributed by atoms with Gasteiger partial charge in [0.05, 0.1) is 33.6 Å². The summed E-state index contributed by atoms with van der Waals surface area (Å²) in [5.41, 5.74) is 17.6. The van der Waals surface area contributed by atoms with Crippen molar-refractivity contribution in [1.29, 1.82) is 0 Å². The van der Waals surface area contributed by atoms with Crippen molar-refractivity contribution in [3.8, 4) is 68.2 Å². The van der Waals surface area contributed by atoms with Crippen LogP contribution < -0.4 is 28.7 Å². The predicted molar refractivity (Wildman–Crippen MR) is 607 cm³/mol. The van der Waals surface area contributed by atoms with E-state index in [1.807, 2.05) is 115 Å². The highest BCUT2D eigenvalue weighted by Gasteiger charge is 2.44. The lowest BCUT2D eigenvalue weighted by molar-refractivity contribution is 0.0877. The molecule has 720 valence electrons. The van der Waals surface area contributed by atoms with Gasteiger partial charge in [0.25, 0.3) is 23.6 Å². The van der Waals surface area contributed by atoms with Crippen molar-refractivity contribution in [3.05, 3.63) is 373 Å². The Morgan fingerprint density at radius 3 is 0.917 bits per heavy atom. The molecule has 12 heteroatoms. The lowest BCUT2D eigenvalue weighted by atomic mass is 9.82. The molecule has 10 nitrogen and oxygen atoms in total. The number of amides is 4.